The number of aromatic nitrogens is 2. The summed E-state index contributed by atoms with van der Waals surface area (Å²) in [6.07, 6.45) is 1.78. The normalized spacial score (nSPS) is 16.0. The number of halogens is 1. The minimum absolute atomic E-state index is 0.0372. The Labute approximate surface area is 213 Å². The summed E-state index contributed by atoms with van der Waals surface area (Å²) in [6.45, 7) is 3.39. The molecule has 0 radical (unpaired) electrons. The number of nitrogens with zero attached hydrogens (tertiary/aromatic N) is 2. The number of carbonyl (C=O) groups excluding carboxylic acids is 2. The van der Waals surface area contributed by atoms with Crippen LogP contribution >= 0.6 is 0 Å². The van der Waals surface area contributed by atoms with Gasteiger partial charge in [0.25, 0.3) is 5.91 Å². The molecule has 0 saturated carbocycles. The number of aromatic amines is 1. The molecule has 1 aliphatic heterocycles. The molecule has 1 saturated heterocycles. The molecular weight excluding hydrogens is 473 g/mol. The van der Waals surface area contributed by atoms with E-state index >= 15 is 0 Å². The summed E-state index contributed by atoms with van der Waals surface area (Å²) in [5.74, 6) is -0.740. The summed E-state index contributed by atoms with van der Waals surface area (Å²) < 4.78 is 14.1. The SMILES string of the molecule is CC(=O)Nc1cc(-c2n[nH]c3ccc(C(=O)N[C@@H]4CCCN(Cc5ccccc5F)C4)cc23)ccc1O. The van der Waals surface area contributed by atoms with Crippen LogP contribution in [0.2, 0.25) is 0 Å². The lowest BCUT2D eigenvalue weighted by Crippen LogP contribution is -2.47. The predicted molar refractivity (Wildman–Crippen MR) is 140 cm³/mol. The minimum atomic E-state index is -0.298. The Bertz CT molecular complexity index is 1470. The summed E-state index contributed by atoms with van der Waals surface area (Å²) in [5, 5.41) is 23.9. The zero-order valence-corrected chi connectivity index (χ0v) is 20.4. The van der Waals surface area contributed by atoms with Crippen molar-refractivity contribution >= 4 is 28.4 Å². The number of hydrogen-bond acceptors (Lipinski definition) is 5. The third-order valence-corrected chi connectivity index (χ3v) is 6.60. The summed E-state index contributed by atoms with van der Waals surface area (Å²) in [6, 6.07) is 16.9. The van der Waals surface area contributed by atoms with Gasteiger partial charge >= 0.3 is 0 Å². The number of aromatic hydroxyl groups is 1. The molecule has 1 aromatic heterocycles. The van der Waals surface area contributed by atoms with E-state index in [1.54, 1.807) is 42.5 Å². The van der Waals surface area contributed by atoms with Crippen molar-refractivity contribution in [3.8, 4) is 17.0 Å². The van der Waals surface area contributed by atoms with E-state index in [0.29, 0.717) is 35.5 Å². The Hall–Kier alpha value is -4.24. The highest BCUT2D eigenvalue weighted by atomic mass is 19.1. The molecule has 9 heteroatoms. The number of phenols is 1. The Kier molecular flexibility index (Phi) is 6.87. The van der Waals surface area contributed by atoms with Gasteiger partial charge in [0.2, 0.25) is 5.91 Å². The number of carbonyl (C=O) groups is 2. The topological polar surface area (TPSA) is 110 Å². The molecule has 0 unspecified atom stereocenters. The molecule has 4 aromatic rings. The lowest BCUT2D eigenvalue weighted by atomic mass is 10.0. The number of piperidine rings is 1. The van der Waals surface area contributed by atoms with Gasteiger partial charge in [-0.05, 0) is 61.9 Å². The summed E-state index contributed by atoms with van der Waals surface area (Å²) in [4.78, 5) is 26.8. The van der Waals surface area contributed by atoms with Crippen LogP contribution in [0.1, 0.15) is 35.7 Å². The number of hydrogen-bond donors (Lipinski definition) is 4. The van der Waals surface area contributed by atoms with E-state index in [4.69, 9.17) is 0 Å². The van der Waals surface area contributed by atoms with Crippen LogP contribution in [0.3, 0.4) is 0 Å². The maximum Gasteiger partial charge on any atom is 0.251 e. The first kappa shape index (κ1) is 24.5. The number of phenolic OH excluding ortho intramolecular Hbond substituents is 1. The van der Waals surface area contributed by atoms with Crippen molar-refractivity contribution in [2.24, 2.45) is 0 Å². The second kappa shape index (κ2) is 10.4. The molecule has 3 aromatic carbocycles. The fourth-order valence-electron chi connectivity index (χ4n) is 4.80. The molecule has 2 heterocycles. The Morgan fingerprint density at radius 2 is 2.00 bits per heavy atom. The van der Waals surface area contributed by atoms with Crippen molar-refractivity contribution in [2.45, 2.75) is 32.4 Å². The fraction of sp³-hybridized carbons (Fsp3) is 0.250. The summed E-state index contributed by atoms with van der Waals surface area (Å²) in [5.41, 5.74) is 3.48. The second-order valence-electron chi connectivity index (χ2n) is 9.38. The number of fused-ring (bicyclic) bond motifs is 1. The Morgan fingerprint density at radius 3 is 2.81 bits per heavy atom. The molecule has 1 fully saturated rings. The highest BCUT2D eigenvalue weighted by molar-refractivity contribution is 6.02. The molecule has 4 N–H and O–H groups in total. The maximum absolute atomic E-state index is 14.1. The van der Waals surface area contributed by atoms with Crippen LogP contribution in [0.25, 0.3) is 22.2 Å². The molecule has 2 amide bonds. The van der Waals surface area contributed by atoms with Gasteiger partial charge in [-0.2, -0.15) is 5.10 Å². The highest BCUT2D eigenvalue weighted by Gasteiger charge is 2.23. The molecule has 0 spiro atoms. The zero-order chi connectivity index (χ0) is 25.9. The molecule has 1 atom stereocenters. The van der Waals surface area contributed by atoms with Crippen molar-refractivity contribution < 1.29 is 19.1 Å². The van der Waals surface area contributed by atoms with Crippen LogP contribution in [0.4, 0.5) is 10.1 Å². The van der Waals surface area contributed by atoms with Crippen LogP contribution in [-0.2, 0) is 11.3 Å². The first-order chi connectivity index (χ1) is 17.9. The van der Waals surface area contributed by atoms with E-state index < -0.39 is 0 Å². The van der Waals surface area contributed by atoms with Crippen LogP contribution in [0.15, 0.2) is 60.7 Å². The lowest BCUT2D eigenvalue weighted by Gasteiger charge is -2.33. The van der Waals surface area contributed by atoms with E-state index in [2.05, 4.69) is 25.7 Å². The minimum Gasteiger partial charge on any atom is -0.506 e. The number of nitrogens with one attached hydrogen (secondary N) is 3. The monoisotopic (exact) mass is 501 g/mol. The smallest absolute Gasteiger partial charge is 0.251 e. The van der Waals surface area contributed by atoms with Gasteiger partial charge in [0, 0.05) is 48.1 Å². The van der Waals surface area contributed by atoms with E-state index in [0.717, 1.165) is 30.3 Å². The maximum atomic E-state index is 14.1. The van der Waals surface area contributed by atoms with E-state index in [-0.39, 0.29) is 35.1 Å². The fourth-order valence-corrected chi connectivity index (χ4v) is 4.80. The third kappa shape index (κ3) is 5.46. The van der Waals surface area contributed by atoms with Gasteiger partial charge in [0.1, 0.15) is 11.6 Å². The van der Waals surface area contributed by atoms with Crippen LogP contribution in [0.5, 0.6) is 5.75 Å². The molecule has 190 valence electrons. The Balaban J connectivity index is 1.32. The van der Waals surface area contributed by atoms with Gasteiger partial charge in [-0.3, -0.25) is 19.6 Å². The quantitative estimate of drug-likeness (QED) is 0.292. The molecule has 0 bridgehead atoms. The van der Waals surface area contributed by atoms with Crippen LogP contribution in [-0.4, -0.2) is 51.1 Å². The van der Waals surface area contributed by atoms with Gasteiger partial charge < -0.3 is 15.7 Å². The van der Waals surface area contributed by atoms with Gasteiger partial charge in [-0.1, -0.05) is 18.2 Å². The van der Waals surface area contributed by atoms with Crippen molar-refractivity contribution in [3.05, 3.63) is 77.6 Å². The standard InChI is InChI=1S/C28H28FN5O3/c1-17(35)30-25-14-18(9-11-26(25)36)27-22-13-19(8-10-24(22)32-33-27)28(37)31-21-6-4-12-34(16-21)15-20-5-2-3-7-23(20)29/h2-3,5,7-11,13-14,21,36H,4,6,12,15-16H2,1H3,(H,30,35)(H,31,37)(H,32,33)/t21-/m1/s1. The van der Waals surface area contributed by atoms with Crippen LogP contribution < -0.4 is 10.6 Å². The number of anilines is 1. The van der Waals surface area contributed by atoms with E-state index in [1.165, 1.54) is 19.1 Å². The zero-order valence-electron chi connectivity index (χ0n) is 20.4. The van der Waals surface area contributed by atoms with E-state index in [9.17, 15) is 19.1 Å². The molecule has 0 aliphatic carbocycles. The second-order valence-corrected chi connectivity index (χ2v) is 9.38. The third-order valence-electron chi connectivity index (χ3n) is 6.60. The molecular formula is C28H28FN5O3. The largest absolute Gasteiger partial charge is 0.506 e. The number of amides is 2. The highest BCUT2D eigenvalue weighted by Crippen LogP contribution is 2.33. The number of H-pyrrole nitrogens is 1. The van der Waals surface area contributed by atoms with E-state index in [1.807, 2.05) is 6.07 Å². The Morgan fingerprint density at radius 1 is 1.16 bits per heavy atom. The molecule has 1 aliphatic rings. The van der Waals surface area contributed by atoms with Gasteiger partial charge in [0.05, 0.1) is 16.9 Å². The number of rotatable bonds is 6. The van der Waals surface area contributed by atoms with Gasteiger partial charge in [0.15, 0.2) is 0 Å². The van der Waals surface area contributed by atoms with Gasteiger partial charge in [-0.25, -0.2) is 4.39 Å². The van der Waals surface area contributed by atoms with Crippen LogP contribution in [0, 0.1) is 5.82 Å². The predicted octanol–water partition coefficient (Wildman–Crippen LogP) is 4.43. The molecule has 5 rings (SSSR count). The van der Waals surface area contributed by atoms with Crippen molar-refractivity contribution in [2.75, 3.05) is 18.4 Å². The average Bonchev–Trinajstić information content (AvgIpc) is 3.30. The molecule has 8 nitrogen and oxygen atoms in total. The van der Waals surface area contributed by atoms with Crippen molar-refractivity contribution in [1.29, 1.82) is 0 Å². The lowest BCUT2D eigenvalue weighted by molar-refractivity contribution is -0.114. The van der Waals surface area contributed by atoms with Crippen molar-refractivity contribution in [3.63, 3.8) is 0 Å². The van der Waals surface area contributed by atoms with Crippen molar-refractivity contribution in [1.82, 2.24) is 20.4 Å². The summed E-state index contributed by atoms with van der Waals surface area (Å²) in [7, 11) is 0. The first-order valence-corrected chi connectivity index (χ1v) is 12.2. The summed E-state index contributed by atoms with van der Waals surface area (Å²) >= 11 is 0. The molecule has 37 heavy (non-hydrogen) atoms. The average molecular weight is 502 g/mol. The number of likely N-dealkylation sites (tertiary alicyclic amines) is 1. The van der Waals surface area contributed by atoms with Gasteiger partial charge in [-0.15, -0.1) is 0 Å². The number of benzene rings is 3. The first-order valence-electron chi connectivity index (χ1n) is 12.2.